The van der Waals surface area contributed by atoms with E-state index < -0.39 is 10.0 Å². The molecule has 1 N–H and O–H groups in total. The van der Waals surface area contributed by atoms with Crippen LogP contribution in [0.5, 0.6) is 0 Å². The average molecular weight is 405 g/mol. The minimum atomic E-state index is -3.51. The van der Waals surface area contributed by atoms with Crippen LogP contribution in [-0.2, 0) is 21.4 Å². The summed E-state index contributed by atoms with van der Waals surface area (Å²) in [5.74, 6) is -0.469. The van der Waals surface area contributed by atoms with E-state index in [2.05, 4.69) is 10.3 Å². The van der Waals surface area contributed by atoms with Gasteiger partial charge in [0.15, 0.2) is 0 Å². The van der Waals surface area contributed by atoms with E-state index in [1.807, 2.05) is 35.0 Å². The van der Waals surface area contributed by atoms with Gasteiger partial charge in [0.05, 0.1) is 18.2 Å². The van der Waals surface area contributed by atoms with Gasteiger partial charge in [-0.2, -0.15) is 4.31 Å². The lowest BCUT2D eigenvalue weighted by Gasteiger charge is -2.30. The molecule has 142 valence electrons. The van der Waals surface area contributed by atoms with Crippen LogP contribution in [0.25, 0.3) is 5.65 Å². The molecule has 3 aromatic rings. The van der Waals surface area contributed by atoms with Crippen LogP contribution in [0.2, 0.25) is 0 Å². The monoisotopic (exact) mass is 404 g/mol. The standard InChI is InChI=1S/C18H20N4O3S2/c23-18(19-11-15-13-21-8-2-1-6-16(21)20-15)14-5-3-9-22(12-14)27(24,25)17-7-4-10-26-17/h1-2,4,6-8,10,13-14H,3,5,9,11-12H2,(H,19,23)/t14-/m0/s1. The number of hydrogen-bond donors (Lipinski definition) is 1. The molecule has 0 aliphatic carbocycles. The molecule has 1 saturated heterocycles. The minimum absolute atomic E-state index is 0.127. The van der Waals surface area contributed by atoms with Crippen LogP contribution in [0.15, 0.2) is 52.3 Å². The number of sulfonamides is 1. The van der Waals surface area contributed by atoms with E-state index in [-0.39, 0.29) is 18.4 Å². The smallest absolute Gasteiger partial charge is 0.252 e. The zero-order valence-electron chi connectivity index (χ0n) is 14.6. The van der Waals surface area contributed by atoms with E-state index >= 15 is 0 Å². The van der Waals surface area contributed by atoms with Crippen molar-refractivity contribution in [1.82, 2.24) is 19.0 Å². The maximum absolute atomic E-state index is 12.7. The molecule has 4 rings (SSSR count). The second-order valence-corrected chi connectivity index (χ2v) is 9.66. The van der Waals surface area contributed by atoms with Gasteiger partial charge in [0.2, 0.25) is 5.91 Å². The maximum atomic E-state index is 12.7. The van der Waals surface area contributed by atoms with Gasteiger partial charge in [0, 0.05) is 25.5 Å². The summed E-state index contributed by atoms with van der Waals surface area (Å²) in [5, 5.41) is 4.65. The highest BCUT2D eigenvalue weighted by Crippen LogP contribution is 2.26. The van der Waals surface area contributed by atoms with E-state index in [0.29, 0.717) is 30.1 Å². The van der Waals surface area contributed by atoms with Gasteiger partial charge in [-0.05, 0) is 36.4 Å². The van der Waals surface area contributed by atoms with Crippen LogP contribution in [0.3, 0.4) is 0 Å². The maximum Gasteiger partial charge on any atom is 0.252 e. The van der Waals surface area contributed by atoms with Crippen LogP contribution in [0.1, 0.15) is 18.5 Å². The van der Waals surface area contributed by atoms with E-state index in [0.717, 1.165) is 11.3 Å². The molecule has 0 radical (unpaired) electrons. The molecular formula is C18H20N4O3S2. The molecule has 1 aliphatic heterocycles. The van der Waals surface area contributed by atoms with Crippen LogP contribution in [0.4, 0.5) is 0 Å². The lowest BCUT2D eigenvalue weighted by Crippen LogP contribution is -2.45. The molecule has 1 aliphatic rings. The van der Waals surface area contributed by atoms with Gasteiger partial charge in [-0.3, -0.25) is 4.79 Å². The Hall–Kier alpha value is -2.23. The van der Waals surface area contributed by atoms with Crippen molar-refractivity contribution in [2.75, 3.05) is 13.1 Å². The molecule has 4 heterocycles. The average Bonchev–Trinajstić information content (AvgIpc) is 3.36. The zero-order valence-corrected chi connectivity index (χ0v) is 16.2. The Kier molecular flexibility index (Phi) is 4.98. The first kappa shape index (κ1) is 18.1. The number of fused-ring (bicyclic) bond motifs is 1. The van der Waals surface area contributed by atoms with E-state index in [4.69, 9.17) is 0 Å². The Morgan fingerprint density at radius 2 is 2.19 bits per heavy atom. The lowest BCUT2D eigenvalue weighted by molar-refractivity contribution is -0.126. The van der Waals surface area contributed by atoms with E-state index in [9.17, 15) is 13.2 Å². The normalized spacial score (nSPS) is 18.6. The Morgan fingerprint density at radius 3 is 2.96 bits per heavy atom. The fourth-order valence-corrected chi connectivity index (χ4v) is 5.97. The first-order chi connectivity index (χ1) is 13.0. The summed E-state index contributed by atoms with van der Waals surface area (Å²) >= 11 is 1.20. The number of nitrogens with one attached hydrogen (secondary N) is 1. The molecule has 3 aromatic heterocycles. The van der Waals surface area contributed by atoms with Gasteiger partial charge in [-0.25, -0.2) is 13.4 Å². The molecule has 1 fully saturated rings. The summed E-state index contributed by atoms with van der Waals surface area (Å²) in [7, 11) is -3.51. The Balaban J connectivity index is 1.40. The fourth-order valence-electron chi connectivity index (χ4n) is 3.31. The van der Waals surface area contributed by atoms with Crippen molar-refractivity contribution in [3.05, 3.63) is 53.8 Å². The number of piperidine rings is 1. The number of rotatable bonds is 5. The lowest BCUT2D eigenvalue weighted by atomic mass is 9.99. The van der Waals surface area contributed by atoms with Gasteiger partial charge in [0.25, 0.3) is 10.0 Å². The second-order valence-electron chi connectivity index (χ2n) is 6.55. The molecule has 27 heavy (non-hydrogen) atoms. The summed E-state index contributed by atoms with van der Waals surface area (Å²) in [5.41, 5.74) is 1.60. The summed E-state index contributed by atoms with van der Waals surface area (Å²) < 4.78 is 29.0. The van der Waals surface area contributed by atoms with Crippen molar-refractivity contribution < 1.29 is 13.2 Å². The van der Waals surface area contributed by atoms with Crippen LogP contribution in [0, 0.1) is 5.92 Å². The third-order valence-electron chi connectivity index (χ3n) is 4.70. The number of hydrogen-bond acceptors (Lipinski definition) is 5. The number of carbonyl (C=O) groups is 1. The molecule has 7 nitrogen and oxygen atoms in total. The molecule has 1 amide bonds. The zero-order chi connectivity index (χ0) is 18.9. The van der Waals surface area contributed by atoms with E-state index in [1.165, 1.54) is 15.6 Å². The molecule has 0 bridgehead atoms. The van der Waals surface area contributed by atoms with Gasteiger partial charge in [-0.15, -0.1) is 11.3 Å². The van der Waals surface area contributed by atoms with Crippen LogP contribution in [-0.4, -0.2) is 41.1 Å². The van der Waals surface area contributed by atoms with Gasteiger partial charge in [-0.1, -0.05) is 12.1 Å². The highest BCUT2D eigenvalue weighted by molar-refractivity contribution is 7.91. The number of amides is 1. The third kappa shape index (κ3) is 3.76. The summed E-state index contributed by atoms with van der Waals surface area (Å²) in [6, 6.07) is 9.06. The topological polar surface area (TPSA) is 83.8 Å². The van der Waals surface area contributed by atoms with Gasteiger partial charge < -0.3 is 9.72 Å². The summed E-state index contributed by atoms with van der Waals surface area (Å²) in [6.45, 7) is 1.00. The first-order valence-electron chi connectivity index (χ1n) is 8.78. The number of thiophene rings is 1. The predicted octanol–water partition coefficient (Wildman–Crippen LogP) is 2.11. The number of carbonyl (C=O) groups excluding carboxylic acids is 1. The predicted molar refractivity (Wildman–Crippen MR) is 103 cm³/mol. The second kappa shape index (κ2) is 7.41. The number of imidazole rings is 1. The van der Waals surface area contributed by atoms with Crippen LogP contribution >= 0.6 is 11.3 Å². The van der Waals surface area contributed by atoms with Crippen molar-refractivity contribution in [1.29, 1.82) is 0 Å². The van der Waals surface area contributed by atoms with Gasteiger partial charge >= 0.3 is 0 Å². The SMILES string of the molecule is O=C(NCc1cn2ccccc2n1)[C@H]1CCCN(S(=O)(=O)c2cccs2)C1. The summed E-state index contributed by atoms with van der Waals surface area (Å²) in [6.07, 6.45) is 5.15. The number of nitrogens with zero attached hydrogens (tertiary/aromatic N) is 3. The molecule has 9 heteroatoms. The Labute approximate surface area is 161 Å². The minimum Gasteiger partial charge on any atom is -0.350 e. The molecule has 1 atom stereocenters. The number of pyridine rings is 1. The summed E-state index contributed by atoms with van der Waals surface area (Å²) in [4.78, 5) is 17.0. The van der Waals surface area contributed by atoms with Crippen molar-refractivity contribution in [3.63, 3.8) is 0 Å². The Bertz CT molecular complexity index is 1010. The quantitative estimate of drug-likeness (QED) is 0.706. The van der Waals surface area contributed by atoms with Crippen molar-refractivity contribution >= 4 is 32.9 Å². The number of aromatic nitrogens is 2. The first-order valence-corrected chi connectivity index (χ1v) is 11.1. The van der Waals surface area contributed by atoms with Gasteiger partial charge in [0.1, 0.15) is 9.86 Å². The third-order valence-corrected chi connectivity index (χ3v) is 7.94. The van der Waals surface area contributed by atoms with Crippen molar-refractivity contribution in [3.8, 4) is 0 Å². The highest BCUT2D eigenvalue weighted by atomic mass is 32.2. The highest BCUT2D eigenvalue weighted by Gasteiger charge is 2.33. The molecule has 0 aromatic carbocycles. The Morgan fingerprint density at radius 1 is 1.30 bits per heavy atom. The van der Waals surface area contributed by atoms with Crippen molar-refractivity contribution in [2.45, 2.75) is 23.6 Å². The fraction of sp³-hybridized carbons (Fsp3) is 0.333. The molecule has 0 saturated carbocycles. The molecular weight excluding hydrogens is 384 g/mol. The largest absolute Gasteiger partial charge is 0.350 e. The molecule has 0 unspecified atom stereocenters. The van der Waals surface area contributed by atoms with Crippen molar-refractivity contribution in [2.24, 2.45) is 5.92 Å². The van der Waals surface area contributed by atoms with E-state index in [1.54, 1.807) is 17.5 Å². The van der Waals surface area contributed by atoms with Crippen LogP contribution < -0.4 is 5.32 Å². The molecule has 0 spiro atoms.